The lowest BCUT2D eigenvalue weighted by Crippen LogP contribution is -2.35. The lowest BCUT2D eigenvalue weighted by atomic mass is 10.2. The minimum Gasteiger partial charge on any atom is -0.490 e. The number of nitrogens with one attached hydrogen (secondary N) is 1. The molecule has 0 unspecified atom stereocenters. The van der Waals surface area contributed by atoms with Gasteiger partial charge in [0, 0.05) is 6.54 Å². The minimum absolute atomic E-state index is 0.317. The van der Waals surface area contributed by atoms with Crippen molar-refractivity contribution in [2.24, 2.45) is 0 Å². The Morgan fingerprint density at radius 1 is 1.12 bits per heavy atom. The maximum atomic E-state index is 12.2. The third-order valence-corrected chi connectivity index (χ3v) is 3.24. The van der Waals surface area contributed by atoms with E-state index >= 15 is 0 Å². The molecule has 0 aliphatic rings. The summed E-state index contributed by atoms with van der Waals surface area (Å²) in [4.78, 5) is 23.8. The molecule has 0 aliphatic carbocycles. The van der Waals surface area contributed by atoms with E-state index in [1.54, 1.807) is 25.1 Å². The van der Waals surface area contributed by atoms with Crippen LogP contribution < -0.4 is 14.8 Å². The molecule has 0 radical (unpaired) electrons. The summed E-state index contributed by atoms with van der Waals surface area (Å²) in [5.41, 5.74) is 0.317. The van der Waals surface area contributed by atoms with E-state index in [1.807, 2.05) is 6.92 Å². The Bertz CT molecular complexity index is 544. The maximum absolute atomic E-state index is 12.2. The average molecular weight is 337 g/mol. The van der Waals surface area contributed by atoms with E-state index in [-0.39, 0.29) is 5.91 Å². The van der Waals surface area contributed by atoms with Crippen molar-refractivity contribution in [3.8, 4) is 11.5 Å². The van der Waals surface area contributed by atoms with Gasteiger partial charge in [-0.25, -0.2) is 4.79 Å². The molecule has 0 saturated carbocycles. The standard InChI is InChI=1S/C18H27NO5/c1-5-8-11-23-15-10-9-14(12-16(15)22-7-3)18(21)24-13(4)17(20)19-6-2/h9-10,12-13H,5-8,11H2,1-4H3,(H,19,20)/t13-/m0/s1. The molecule has 6 nitrogen and oxygen atoms in total. The first-order valence-corrected chi connectivity index (χ1v) is 8.41. The molecular weight excluding hydrogens is 310 g/mol. The average Bonchev–Trinajstić information content (AvgIpc) is 2.56. The number of hydrogen-bond donors (Lipinski definition) is 1. The van der Waals surface area contributed by atoms with Gasteiger partial charge in [0.2, 0.25) is 0 Å². The fourth-order valence-corrected chi connectivity index (χ4v) is 1.95. The van der Waals surface area contributed by atoms with Crippen molar-refractivity contribution in [2.75, 3.05) is 19.8 Å². The highest BCUT2D eigenvalue weighted by Crippen LogP contribution is 2.29. The Morgan fingerprint density at radius 2 is 1.88 bits per heavy atom. The molecule has 24 heavy (non-hydrogen) atoms. The van der Waals surface area contributed by atoms with Gasteiger partial charge in [-0.3, -0.25) is 4.79 Å². The van der Waals surface area contributed by atoms with Crippen molar-refractivity contribution < 1.29 is 23.8 Å². The van der Waals surface area contributed by atoms with Crippen LogP contribution in [0.25, 0.3) is 0 Å². The van der Waals surface area contributed by atoms with E-state index < -0.39 is 12.1 Å². The van der Waals surface area contributed by atoms with Gasteiger partial charge in [-0.1, -0.05) is 13.3 Å². The zero-order valence-electron chi connectivity index (χ0n) is 14.9. The number of hydrogen-bond acceptors (Lipinski definition) is 5. The summed E-state index contributed by atoms with van der Waals surface area (Å²) in [6, 6.07) is 4.88. The summed E-state index contributed by atoms with van der Waals surface area (Å²) >= 11 is 0. The first-order valence-electron chi connectivity index (χ1n) is 8.41. The van der Waals surface area contributed by atoms with Gasteiger partial charge in [0.15, 0.2) is 17.6 Å². The Kier molecular flexibility index (Phi) is 8.68. The van der Waals surface area contributed by atoms with Crippen molar-refractivity contribution >= 4 is 11.9 Å². The molecular formula is C18H27NO5. The zero-order valence-corrected chi connectivity index (χ0v) is 14.9. The quantitative estimate of drug-likeness (QED) is 0.525. The Hall–Kier alpha value is -2.24. The second-order valence-electron chi connectivity index (χ2n) is 5.24. The highest BCUT2D eigenvalue weighted by molar-refractivity contribution is 5.92. The van der Waals surface area contributed by atoms with Crippen LogP contribution in [-0.4, -0.2) is 37.7 Å². The molecule has 1 amide bonds. The van der Waals surface area contributed by atoms with Crippen LogP contribution in [0.5, 0.6) is 11.5 Å². The van der Waals surface area contributed by atoms with Gasteiger partial charge in [0.1, 0.15) is 0 Å². The smallest absolute Gasteiger partial charge is 0.339 e. The molecule has 0 spiro atoms. The van der Waals surface area contributed by atoms with Crippen LogP contribution in [0.2, 0.25) is 0 Å². The Balaban J connectivity index is 2.81. The molecule has 6 heteroatoms. The number of esters is 1. The zero-order chi connectivity index (χ0) is 17.9. The van der Waals surface area contributed by atoms with Crippen molar-refractivity contribution in [3.05, 3.63) is 23.8 Å². The molecule has 134 valence electrons. The second kappa shape index (κ2) is 10.5. The van der Waals surface area contributed by atoms with Gasteiger partial charge in [0.05, 0.1) is 18.8 Å². The molecule has 1 aromatic carbocycles. The van der Waals surface area contributed by atoms with Gasteiger partial charge < -0.3 is 19.5 Å². The SMILES string of the molecule is CCCCOc1ccc(C(=O)O[C@@H](C)C(=O)NCC)cc1OCC. The molecule has 0 aliphatic heterocycles. The molecule has 0 aromatic heterocycles. The van der Waals surface area contributed by atoms with Crippen LogP contribution in [0.4, 0.5) is 0 Å². The molecule has 0 heterocycles. The summed E-state index contributed by atoms with van der Waals surface area (Å²) in [6.07, 6.45) is 1.12. The van der Waals surface area contributed by atoms with Gasteiger partial charge in [-0.2, -0.15) is 0 Å². The predicted octanol–water partition coefficient (Wildman–Crippen LogP) is 2.95. The first kappa shape index (κ1) is 19.8. The summed E-state index contributed by atoms with van der Waals surface area (Å²) in [6.45, 7) is 8.82. The molecule has 1 atom stereocenters. The second-order valence-corrected chi connectivity index (χ2v) is 5.24. The van der Waals surface area contributed by atoms with Crippen LogP contribution >= 0.6 is 0 Å². The van der Waals surface area contributed by atoms with Crippen LogP contribution in [0.3, 0.4) is 0 Å². The number of amides is 1. The summed E-state index contributed by atoms with van der Waals surface area (Å²) in [5.74, 6) is 0.192. The topological polar surface area (TPSA) is 73.9 Å². The molecule has 1 rings (SSSR count). The highest BCUT2D eigenvalue weighted by Gasteiger charge is 2.19. The Morgan fingerprint density at radius 3 is 2.50 bits per heavy atom. The maximum Gasteiger partial charge on any atom is 0.339 e. The predicted molar refractivity (Wildman–Crippen MR) is 91.6 cm³/mol. The minimum atomic E-state index is -0.853. The van der Waals surface area contributed by atoms with Gasteiger partial charge in [-0.15, -0.1) is 0 Å². The number of carbonyl (C=O) groups excluding carboxylic acids is 2. The monoisotopic (exact) mass is 337 g/mol. The van der Waals surface area contributed by atoms with Gasteiger partial charge in [0.25, 0.3) is 5.91 Å². The van der Waals surface area contributed by atoms with Crippen molar-refractivity contribution in [1.29, 1.82) is 0 Å². The highest BCUT2D eigenvalue weighted by atomic mass is 16.5. The fourth-order valence-electron chi connectivity index (χ4n) is 1.95. The van der Waals surface area contributed by atoms with E-state index in [0.717, 1.165) is 12.8 Å². The third-order valence-electron chi connectivity index (χ3n) is 3.24. The van der Waals surface area contributed by atoms with Crippen LogP contribution in [0.1, 0.15) is 50.9 Å². The number of likely N-dealkylation sites (N-methyl/N-ethyl adjacent to an activating group) is 1. The largest absolute Gasteiger partial charge is 0.490 e. The molecule has 0 fully saturated rings. The normalized spacial score (nSPS) is 11.5. The lowest BCUT2D eigenvalue weighted by Gasteiger charge is -2.15. The van der Waals surface area contributed by atoms with E-state index in [0.29, 0.717) is 36.8 Å². The van der Waals surface area contributed by atoms with Crippen LogP contribution in [-0.2, 0) is 9.53 Å². The third kappa shape index (κ3) is 6.10. The summed E-state index contributed by atoms with van der Waals surface area (Å²) in [5, 5.41) is 2.61. The molecule has 1 aromatic rings. The van der Waals surface area contributed by atoms with Gasteiger partial charge >= 0.3 is 5.97 Å². The van der Waals surface area contributed by atoms with E-state index in [2.05, 4.69) is 12.2 Å². The molecule has 1 N–H and O–H groups in total. The van der Waals surface area contributed by atoms with Crippen LogP contribution in [0, 0.1) is 0 Å². The first-order chi connectivity index (χ1) is 11.5. The Labute approximate surface area is 143 Å². The van der Waals surface area contributed by atoms with Crippen molar-refractivity contribution in [2.45, 2.75) is 46.6 Å². The fraction of sp³-hybridized carbons (Fsp3) is 0.556. The van der Waals surface area contributed by atoms with Crippen molar-refractivity contribution in [3.63, 3.8) is 0 Å². The van der Waals surface area contributed by atoms with E-state index in [9.17, 15) is 9.59 Å². The molecule has 0 saturated heterocycles. The van der Waals surface area contributed by atoms with Gasteiger partial charge in [-0.05, 0) is 45.4 Å². The number of carbonyl (C=O) groups is 2. The van der Waals surface area contributed by atoms with E-state index in [1.165, 1.54) is 6.92 Å². The lowest BCUT2D eigenvalue weighted by molar-refractivity contribution is -0.128. The van der Waals surface area contributed by atoms with Crippen LogP contribution in [0.15, 0.2) is 18.2 Å². The number of unbranched alkanes of at least 4 members (excludes halogenated alkanes) is 1. The number of ether oxygens (including phenoxy) is 3. The van der Waals surface area contributed by atoms with Crippen molar-refractivity contribution in [1.82, 2.24) is 5.32 Å². The number of benzene rings is 1. The summed E-state index contributed by atoms with van der Waals surface area (Å²) < 4.78 is 16.4. The van der Waals surface area contributed by atoms with E-state index in [4.69, 9.17) is 14.2 Å². The number of rotatable bonds is 10. The summed E-state index contributed by atoms with van der Waals surface area (Å²) in [7, 11) is 0. The molecule has 0 bridgehead atoms.